The zero-order valence-corrected chi connectivity index (χ0v) is 10.1. The normalized spacial score (nSPS) is 14.0. The van der Waals surface area contributed by atoms with Gasteiger partial charge in [-0.15, -0.1) is 0 Å². The molecule has 0 atom stereocenters. The van der Waals surface area contributed by atoms with Gasteiger partial charge in [0.05, 0.1) is 13.0 Å². The van der Waals surface area contributed by atoms with Crippen LogP contribution in [-0.2, 0) is 16.0 Å². The summed E-state index contributed by atoms with van der Waals surface area (Å²) in [4.78, 5) is 22.9. The van der Waals surface area contributed by atoms with Gasteiger partial charge >= 0.3 is 0 Å². The summed E-state index contributed by atoms with van der Waals surface area (Å²) < 4.78 is 0. The van der Waals surface area contributed by atoms with Crippen LogP contribution in [0.3, 0.4) is 0 Å². The van der Waals surface area contributed by atoms with Crippen molar-refractivity contribution in [2.75, 3.05) is 12.3 Å². The summed E-state index contributed by atoms with van der Waals surface area (Å²) in [7, 11) is 0. The Morgan fingerprint density at radius 1 is 1.17 bits per heavy atom. The van der Waals surface area contributed by atoms with Crippen LogP contribution in [0, 0.1) is 0 Å². The van der Waals surface area contributed by atoms with Gasteiger partial charge in [0.2, 0.25) is 11.8 Å². The first-order valence-corrected chi connectivity index (χ1v) is 6.04. The molecule has 0 heterocycles. The van der Waals surface area contributed by atoms with E-state index in [1.807, 2.05) is 0 Å². The van der Waals surface area contributed by atoms with E-state index < -0.39 is 0 Å². The molecule has 18 heavy (non-hydrogen) atoms. The SMILES string of the molecule is Nc1ccc(CC(=O)NCC(=O)NC2CC2)cc1. The van der Waals surface area contributed by atoms with E-state index in [1.165, 1.54) is 0 Å². The molecule has 96 valence electrons. The Bertz CT molecular complexity index is 438. The minimum atomic E-state index is -0.161. The van der Waals surface area contributed by atoms with Crippen molar-refractivity contribution in [1.29, 1.82) is 0 Å². The highest BCUT2D eigenvalue weighted by atomic mass is 16.2. The van der Waals surface area contributed by atoms with Crippen molar-refractivity contribution in [2.24, 2.45) is 0 Å². The highest BCUT2D eigenvalue weighted by molar-refractivity contribution is 5.85. The van der Waals surface area contributed by atoms with E-state index in [9.17, 15) is 9.59 Å². The van der Waals surface area contributed by atoms with Gasteiger partial charge in [0, 0.05) is 11.7 Å². The minimum absolute atomic E-state index is 0.0459. The number of benzene rings is 1. The third-order valence-electron chi connectivity index (χ3n) is 2.73. The van der Waals surface area contributed by atoms with E-state index in [1.54, 1.807) is 24.3 Å². The average Bonchev–Trinajstić information content (AvgIpc) is 3.13. The van der Waals surface area contributed by atoms with Crippen LogP contribution in [0.15, 0.2) is 24.3 Å². The van der Waals surface area contributed by atoms with Crippen molar-refractivity contribution in [1.82, 2.24) is 10.6 Å². The Morgan fingerprint density at radius 2 is 1.83 bits per heavy atom. The lowest BCUT2D eigenvalue weighted by molar-refractivity contribution is -0.125. The summed E-state index contributed by atoms with van der Waals surface area (Å²) in [6.07, 6.45) is 2.35. The second-order valence-electron chi connectivity index (χ2n) is 4.54. The molecule has 2 amide bonds. The summed E-state index contributed by atoms with van der Waals surface area (Å²) in [5.74, 6) is -0.283. The van der Waals surface area contributed by atoms with Gasteiger partial charge in [-0.05, 0) is 30.5 Å². The van der Waals surface area contributed by atoms with E-state index >= 15 is 0 Å². The second kappa shape index (κ2) is 5.53. The molecule has 0 unspecified atom stereocenters. The molecule has 1 aromatic carbocycles. The molecule has 5 heteroatoms. The van der Waals surface area contributed by atoms with Crippen molar-refractivity contribution in [3.8, 4) is 0 Å². The molecule has 0 aromatic heterocycles. The van der Waals surface area contributed by atoms with E-state index in [2.05, 4.69) is 10.6 Å². The van der Waals surface area contributed by atoms with Crippen LogP contribution in [0.2, 0.25) is 0 Å². The van der Waals surface area contributed by atoms with Crippen molar-refractivity contribution in [3.05, 3.63) is 29.8 Å². The first kappa shape index (κ1) is 12.4. The number of nitrogen functional groups attached to an aromatic ring is 1. The minimum Gasteiger partial charge on any atom is -0.399 e. The van der Waals surface area contributed by atoms with Crippen LogP contribution in [0.4, 0.5) is 5.69 Å². The van der Waals surface area contributed by atoms with Crippen molar-refractivity contribution < 1.29 is 9.59 Å². The largest absolute Gasteiger partial charge is 0.399 e. The van der Waals surface area contributed by atoms with Gasteiger partial charge in [0.15, 0.2) is 0 Å². The topological polar surface area (TPSA) is 84.2 Å². The fourth-order valence-electron chi connectivity index (χ4n) is 1.57. The summed E-state index contributed by atoms with van der Waals surface area (Å²) in [6, 6.07) is 7.44. The van der Waals surface area contributed by atoms with Crippen LogP contribution in [0.1, 0.15) is 18.4 Å². The lowest BCUT2D eigenvalue weighted by Gasteiger charge is -2.06. The zero-order chi connectivity index (χ0) is 13.0. The summed E-state index contributed by atoms with van der Waals surface area (Å²) in [6.45, 7) is 0.0459. The average molecular weight is 247 g/mol. The molecular formula is C13H17N3O2. The Balaban J connectivity index is 1.70. The monoisotopic (exact) mass is 247 g/mol. The van der Waals surface area contributed by atoms with Crippen LogP contribution in [-0.4, -0.2) is 24.4 Å². The number of nitrogens with one attached hydrogen (secondary N) is 2. The lowest BCUT2D eigenvalue weighted by Crippen LogP contribution is -2.38. The molecule has 0 bridgehead atoms. The Morgan fingerprint density at radius 3 is 2.44 bits per heavy atom. The van der Waals surface area contributed by atoms with Gasteiger partial charge in [-0.3, -0.25) is 9.59 Å². The third kappa shape index (κ3) is 4.08. The maximum absolute atomic E-state index is 11.6. The molecule has 4 N–H and O–H groups in total. The van der Waals surface area contributed by atoms with Crippen LogP contribution < -0.4 is 16.4 Å². The van der Waals surface area contributed by atoms with E-state index in [4.69, 9.17) is 5.73 Å². The second-order valence-corrected chi connectivity index (χ2v) is 4.54. The van der Waals surface area contributed by atoms with Gasteiger partial charge in [-0.2, -0.15) is 0 Å². The molecule has 1 aromatic rings. The fourth-order valence-corrected chi connectivity index (χ4v) is 1.57. The van der Waals surface area contributed by atoms with Gasteiger partial charge in [-0.25, -0.2) is 0 Å². The zero-order valence-electron chi connectivity index (χ0n) is 10.1. The number of anilines is 1. The molecule has 2 rings (SSSR count). The quantitative estimate of drug-likeness (QED) is 0.650. The van der Waals surface area contributed by atoms with Gasteiger partial charge in [-0.1, -0.05) is 12.1 Å². The van der Waals surface area contributed by atoms with E-state index in [-0.39, 0.29) is 24.8 Å². The van der Waals surface area contributed by atoms with Crippen LogP contribution in [0.25, 0.3) is 0 Å². The molecular weight excluding hydrogens is 230 g/mol. The maximum Gasteiger partial charge on any atom is 0.239 e. The molecule has 0 spiro atoms. The fraction of sp³-hybridized carbons (Fsp3) is 0.385. The number of amides is 2. The lowest BCUT2D eigenvalue weighted by atomic mass is 10.1. The first-order chi connectivity index (χ1) is 8.63. The van der Waals surface area contributed by atoms with Crippen molar-refractivity contribution in [2.45, 2.75) is 25.3 Å². The standard InChI is InChI=1S/C13H17N3O2/c14-10-3-1-9(2-4-10)7-12(17)15-8-13(18)16-11-5-6-11/h1-4,11H,5-8,14H2,(H,15,17)(H,16,18). The van der Waals surface area contributed by atoms with E-state index in [0.717, 1.165) is 18.4 Å². The molecule has 1 fully saturated rings. The smallest absolute Gasteiger partial charge is 0.239 e. The molecule has 0 radical (unpaired) electrons. The molecule has 5 nitrogen and oxygen atoms in total. The summed E-state index contributed by atoms with van der Waals surface area (Å²) >= 11 is 0. The van der Waals surface area contributed by atoms with Crippen molar-refractivity contribution >= 4 is 17.5 Å². The Labute approximate surface area is 106 Å². The number of hydrogen-bond donors (Lipinski definition) is 3. The Kier molecular flexibility index (Phi) is 3.82. The number of rotatable bonds is 5. The maximum atomic E-state index is 11.6. The molecule has 0 aliphatic heterocycles. The third-order valence-corrected chi connectivity index (χ3v) is 2.73. The number of carbonyl (C=O) groups excluding carboxylic acids is 2. The van der Waals surface area contributed by atoms with Gasteiger partial charge in [0.1, 0.15) is 0 Å². The van der Waals surface area contributed by atoms with Crippen LogP contribution in [0.5, 0.6) is 0 Å². The van der Waals surface area contributed by atoms with E-state index in [0.29, 0.717) is 11.7 Å². The number of nitrogens with two attached hydrogens (primary N) is 1. The number of carbonyl (C=O) groups is 2. The molecule has 0 saturated heterocycles. The van der Waals surface area contributed by atoms with Gasteiger partial charge in [0.25, 0.3) is 0 Å². The van der Waals surface area contributed by atoms with Gasteiger partial charge < -0.3 is 16.4 Å². The highest BCUT2D eigenvalue weighted by Crippen LogP contribution is 2.18. The molecule has 1 aliphatic rings. The Hall–Kier alpha value is -2.04. The molecule has 1 saturated carbocycles. The summed E-state index contributed by atoms with van der Waals surface area (Å²) in [5, 5.41) is 5.41. The first-order valence-electron chi connectivity index (χ1n) is 6.04. The molecule has 1 aliphatic carbocycles. The van der Waals surface area contributed by atoms with Crippen molar-refractivity contribution in [3.63, 3.8) is 0 Å². The predicted octanol–water partition coefficient (Wildman–Crippen LogP) is 0.206. The van der Waals surface area contributed by atoms with Crippen LogP contribution >= 0.6 is 0 Å². The number of hydrogen-bond acceptors (Lipinski definition) is 3. The highest BCUT2D eigenvalue weighted by Gasteiger charge is 2.23. The predicted molar refractivity (Wildman–Crippen MR) is 68.7 cm³/mol. The summed E-state index contributed by atoms with van der Waals surface area (Å²) in [5.41, 5.74) is 7.10.